The van der Waals surface area contributed by atoms with Gasteiger partial charge in [-0.2, -0.15) is 0 Å². The molecule has 1 N–H and O–H groups in total. The number of ether oxygens (including phenoxy) is 3. The summed E-state index contributed by atoms with van der Waals surface area (Å²) in [5.74, 6) is -1.31. The number of carboxylic acids is 1. The summed E-state index contributed by atoms with van der Waals surface area (Å²) in [5, 5.41) is 9.22. The van der Waals surface area contributed by atoms with Gasteiger partial charge in [-0.1, -0.05) is 0 Å². The lowest BCUT2D eigenvalue weighted by Gasteiger charge is -2.25. The van der Waals surface area contributed by atoms with Crippen LogP contribution in [0.3, 0.4) is 0 Å². The highest BCUT2D eigenvalue weighted by molar-refractivity contribution is 5.86. The van der Waals surface area contributed by atoms with E-state index in [2.05, 4.69) is 0 Å². The second-order valence-corrected chi connectivity index (χ2v) is 5.55. The molecule has 2 fully saturated rings. The number of methoxy groups -OCH3 is 1. The minimum Gasteiger partial charge on any atom is -0.480 e. The van der Waals surface area contributed by atoms with Crippen molar-refractivity contribution >= 4 is 11.9 Å². The number of aliphatic carboxylic acids is 1. The van der Waals surface area contributed by atoms with E-state index in [1.807, 2.05) is 0 Å². The molecule has 2 aliphatic heterocycles. The predicted molar refractivity (Wildman–Crippen MR) is 72.9 cm³/mol. The molecule has 0 radical (unpaired) electrons. The third-order valence-electron chi connectivity index (χ3n) is 4.07. The second kappa shape index (κ2) is 7.20. The Kier molecular flexibility index (Phi) is 5.55. The highest BCUT2D eigenvalue weighted by atomic mass is 16.5. The highest BCUT2D eigenvalue weighted by Gasteiger charge is 2.41. The third-order valence-corrected chi connectivity index (χ3v) is 4.07. The molecule has 21 heavy (non-hydrogen) atoms. The highest BCUT2D eigenvalue weighted by Crippen LogP contribution is 2.22. The van der Waals surface area contributed by atoms with Gasteiger partial charge in [0.15, 0.2) is 0 Å². The van der Waals surface area contributed by atoms with Gasteiger partial charge in [-0.3, -0.25) is 4.79 Å². The number of likely N-dealkylation sites (tertiary alicyclic amines) is 1. The Bertz CT molecular complexity index is 382. The monoisotopic (exact) mass is 301 g/mol. The topological polar surface area (TPSA) is 85.3 Å². The number of amides is 1. The van der Waals surface area contributed by atoms with E-state index >= 15 is 0 Å². The Morgan fingerprint density at radius 1 is 1.48 bits per heavy atom. The van der Waals surface area contributed by atoms with Crippen molar-refractivity contribution < 1.29 is 28.9 Å². The standard InChI is InChI=1S/C14H23NO6/c1-9(21-8-10-4-3-5-20-10)13(16)15-7-11(19-2)6-12(15)14(17)18/h9-12H,3-8H2,1-2H3,(H,17,18). The lowest BCUT2D eigenvalue weighted by molar-refractivity contribution is -0.154. The largest absolute Gasteiger partial charge is 0.480 e. The summed E-state index contributed by atoms with van der Waals surface area (Å²) < 4.78 is 16.2. The van der Waals surface area contributed by atoms with E-state index in [-0.39, 0.29) is 18.1 Å². The average molecular weight is 301 g/mol. The molecule has 4 unspecified atom stereocenters. The van der Waals surface area contributed by atoms with E-state index in [0.717, 1.165) is 19.4 Å². The maximum Gasteiger partial charge on any atom is 0.326 e. The van der Waals surface area contributed by atoms with Crippen molar-refractivity contribution in [1.82, 2.24) is 4.90 Å². The molecule has 0 aromatic rings. The molecule has 2 aliphatic rings. The molecule has 7 nitrogen and oxygen atoms in total. The molecule has 0 bridgehead atoms. The molecule has 120 valence electrons. The van der Waals surface area contributed by atoms with Crippen LogP contribution in [0.5, 0.6) is 0 Å². The van der Waals surface area contributed by atoms with Gasteiger partial charge < -0.3 is 24.2 Å². The number of hydrogen-bond donors (Lipinski definition) is 1. The fourth-order valence-corrected chi connectivity index (χ4v) is 2.78. The van der Waals surface area contributed by atoms with E-state index in [4.69, 9.17) is 14.2 Å². The van der Waals surface area contributed by atoms with Crippen LogP contribution in [0.25, 0.3) is 0 Å². The zero-order valence-corrected chi connectivity index (χ0v) is 12.5. The first-order chi connectivity index (χ1) is 10.0. The first kappa shape index (κ1) is 16.2. The normalized spacial score (nSPS) is 30.6. The van der Waals surface area contributed by atoms with Gasteiger partial charge in [0.05, 0.1) is 18.8 Å². The smallest absolute Gasteiger partial charge is 0.326 e. The van der Waals surface area contributed by atoms with Gasteiger partial charge in [0, 0.05) is 26.7 Å². The van der Waals surface area contributed by atoms with Gasteiger partial charge in [-0.25, -0.2) is 4.79 Å². The van der Waals surface area contributed by atoms with Crippen molar-refractivity contribution in [2.45, 2.75) is 50.5 Å². The van der Waals surface area contributed by atoms with E-state index in [1.54, 1.807) is 6.92 Å². The van der Waals surface area contributed by atoms with Crippen molar-refractivity contribution in [3.8, 4) is 0 Å². The molecule has 2 rings (SSSR count). The molecule has 2 heterocycles. The van der Waals surface area contributed by atoms with Crippen LogP contribution in [0.4, 0.5) is 0 Å². The van der Waals surface area contributed by atoms with Crippen LogP contribution < -0.4 is 0 Å². The Labute approximate surface area is 124 Å². The lowest BCUT2D eigenvalue weighted by atomic mass is 10.2. The molecular formula is C14H23NO6. The van der Waals surface area contributed by atoms with Gasteiger partial charge in [-0.05, 0) is 19.8 Å². The number of carbonyl (C=O) groups excluding carboxylic acids is 1. The van der Waals surface area contributed by atoms with Crippen molar-refractivity contribution in [2.24, 2.45) is 0 Å². The van der Waals surface area contributed by atoms with Crippen molar-refractivity contribution in [1.29, 1.82) is 0 Å². The van der Waals surface area contributed by atoms with Crippen LogP contribution >= 0.6 is 0 Å². The summed E-state index contributed by atoms with van der Waals surface area (Å²) in [6.07, 6.45) is 1.40. The fraction of sp³-hybridized carbons (Fsp3) is 0.857. The first-order valence-electron chi connectivity index (χ1n) is 7.32. The zero-order valence-electron chi connectivity index (χ0n) is 12.5. The van der Waals surface area contributed by atoms with Crippen LogP contribution in [0, 0.1) is 0 Å². The quantitative estimate of drug-likeness (QED) is 0.758. The molecule has 0 aliphatic carbocycles. The molecule has 2 saturated heterocycles. The summed E-state index contributed by atoms with van der Waals surface area (Å²) in [6.45, 7) is 3.04. The van der Waals surface area contributed by atoms with Gasteiger partial charge in [0.1, 0.15) is 12.1 Å². The average Bonchev–Trinajstić information content (AvgIpc) is 3.12. The zero-order chi connectivity index (χ0) is 15.4. The van der Waals surface area contributed by atoms with E-state index in [0.29, 0.717) is 19.6 Å². The van der Waals surface area contributed by atoms with Crippen molar-refractivity contribution in [3.63, 3.8) is 0 Å². The fourth-order valence-electron chi connectivity index (χ4n) is 2.78. The number of nitrogens with zero attached hydrogens (tertiary/aromatic N) is 1. The van der Waals surface area contributed by atoms with Crippen LogP contribution in [0.1, 0.15) is 26.2 Å². The maximum absolute atomic E-state index is 12.4. The van der Waals surface area contributed by atoms with Crippen molar-refractivity contribution in [2.75, 3.05) is 26.9 Å². The third kappa shape index (κ3) is 3.93. The molecule has 1 amide bonds. The molecule has 0 saturated carbocycles. The van der Waals surface area contributed by atoms with Crippen LogP contribution in [-0.4, -0.2) is 73.1 Å². The molecule has 4 atom stereocenters. The van der Waals surface area contributed by atoms with E-state index in [1.165, 1.54) is 12.0 Å². The van der Waals surface area contributed by atoms with Crippen molar-refractivity contribution in [3.05, 3.63) is 0 Å². The summed E-state index contributed by atoms with van der Waals surface area (Å²) in [6, 6.07) is -0.837. The minimum absolute atomic E-state index is 0.0424. The Morgan fingerprint density at radius 2 is 2.24 bits per heavy atom. The number of hydrogen-bond acceptors (Lipinski definition) is 5. The van der Waals surface area contributed by atoms with E-state index in [9.17, 15) is 14.7 Å². The molecule has 0 aromatic heterocycles. The SMILES string of the molecule is COC1CC(C(=O)O)N(C(=O)C(C)OCC2CCCO2)C1. The first-order valence-corrected chi connectivity index (χ1v) is 7.32. The van der Waals surface area contributed by atoms with Crippen LogP contribution in [-0.2, 0) is 23.8 Å². The van der Waals surface area contributed by atoms with Gasteiger partial charge in [-0.15, -0.1) is 0 Å². The lowest BCUT2D eigenvalue weighted by Crippen LogP contribution is -2.46. The summed E-state index contributed by atoms with van der Waals surface area (Å²) in [5.41, 5.74) is 0. The van der Waals surface area contributed by atoms with Gasteiger partial charge in [0.25, 0.3) is 5.91 Å². The summed E-state index contributed by atoms with van der Waals surface area (Å²) in [4.78, 5) is 25.0. The minimum atomic E-state index is -1.01. The molecule has 0 aromatic carbocycles. The number of carbonyl (C=O) groups is 2. The Balaban J connectivity index is 1.88. The second-order valence-electron chi connectivity index (χ2n) is 5.55. The molecule has 7 heteroatoms. The van der Waals surface area contributed by atoms with Crippen LogP contribution in [0.15, 0.2) is 0 Å². The molecule has 0 spiro atoms. The Hall–Kier alpha value is -1.18. The van der Waals surface area contributed by atoms with Crippen LogP contribution in [0.2, 0.25) is 0 Å². The van der Waals surface area contributed by atoms with Gasteiger partial charge in [0.2, 0.25) is 0 Å². The molecular weight excluding hydrogens is 278 g/mol. The predicted octanol–water partition coefficient (Wildman–Crippen LogP) is 0.271. The van der Waals surface area contributed by atoms with E-state index < -0.39 is 18.1 Å². The number of rotatable bonds is 6. The summed E-state index contributed by atoms with van der Waals surface area (Å²) >= 11 is 0. The Morgan fingerprint density at radius 3 is 2.81 bits per heavy atom. The maximum atomic E-state index is 12.4. The van der Waals surface area contributed by atoms with Gasteiger partial charge >= 0.3 is 5.97 Å². The summed E-state index contributed by atoms with van der Waals surface area (Å²) in [7, 11) is 1.52. The number of carboxylic acid groups (broad SMARTS) is 1.